The van der Waals surface area contributed by atoms with Gasteiger partial charge in [-0.05, 0) is 18.1 Å². The van der Waals surface area contributed by atoms with Gasteiger partial charge in [0.05, 0.1) is 11.2 Å². The molecule has 0 radical (unpaired) electrons. The monoisotopic (exact) mass is 324 g/mol. The van der Waals surface area contributed by atoms with Crippen molar-refractivity contribution < 1.29 is 4.79 Å². The zero-order valence-electron chi connectivity index (χ0n) is 9.94. The van der Waals surface area contributed by atoms with E-state index < -0.39 is 0 Å². The predicted octanol–water partition coefficient (Wildman–Crippen LogP) is 3.28. The number of alkyl halides is 1. The third kappa shape index (κ3) is 3.40. The maximum atomic E-state index is 11.8. The van der Waals surface area contributed by atoms with Gasteiger partial charge in [-0.25, -0.2) is 4.98 Å². The van der Waals surface area contributed by atoms with Crippen molar-refractivity contribution >= 4 is 33.2 Å². The van der Waals surface area contributed by atoms with Crippen LogP contribution in [-0.2, 0) is 11.9 Å². The fourth-order valence-corrected chi connectivity index (χ4v) is 2.60. The number of aryl methyl sites for hydroxylation is 1. The van der Waals surface area contributed by atoms with Crippen LogP contribution in [0.3, 0.4) is 0 Å². The molecule has 1 aromatic carbocycles. The van der Waals surface area contributed by atoms with E-state index in [0.717, 1.165) is 15.9 Å². The Bertz CT molecular complexity index is 553. The first kappa shape index (κ1) is 13.2. The SMILES string of the molecule is Cc1ncc(C(=O)NCc2cccc(CBr)c2)s1. The molecule has 0 fully saturated rings. The van der Waals surface area contributed by atoms with E-state index >= 15 is 0 Å². The van der Waals surface area contributed by atoms with Gasteiger partial charge in [-0.1, -0.05) is 40.2 Å². The molecule has 0 saturated heterocycles. The number of nitrogens with one attached hydrogen (secondary N) is 1. The highest BCUT2D eigenvalue weighted by molar-refractivity contribution is 9.08. The number of benzene rings is 1. The van der Waals surface area contributed by atoms with Crippen molar-refractivity contribution in [2.24, 2.45) is 0 Å². The third-order valence-corrected chi connectivity index (χ3v) is 4.00. The van der Waals surface area contributed by atoms with Crippen molar-refractivity contribution in [3.05, 3.63) is 51.5 Å². The number of aromatic nitrogens is 1. The van der Waals surface area contributed by atoms with Crippen LogP contribution in [0.1, 0.15) is 25.8 Å². The van der Waals surface area contributed by atoms with Gasteiger partial charge >= 0.3 is 0 Å². The average molecular weight is 325 g/mol. The first-order valence-electron chi connectivity index (χ1n) is 5.53. The van der Waals surface area contributed by atoms with E-state index in [1.807, 2.05) is 25.1 Å². The fourth-order valence-electron chi connectivity index (χ4n) is 1.56. The van der Waals surface area contributed by atoms with Crippen molar-refractivity contribution in [1.82, 2.24) is 10.3 Å². The quantitative estimate of drug-likeness (QED) is 0.877. The van der Waals surface area contributed by atoms with Crippen LogP contribution in [-0.4, -0.2) is 10.9 Å². The number of nitrogens with zero attached hydrogens (tertiary/aromatic N) is 1. The van der Waals surface area contributed by atoms with Crippen LogP contribution in [0.5, 0.6) is 0 Å². The minimum atomic E-state index is -0.0650. The summed E-state index contributed by atoms with van der Waals surface area (Å²) in [6, 6.07) is 8.12. The molecule has 0 aliphatic heterocycles. The summed E-state index contributed by atoms with van der Waals surface area (Å²) in [5.41, 5.74) is 2.30. The van der Waals surface area contributed by atoms with E-state index in [9.17, 15) is 4.79 Å². The maximum absolute atomic E-state index is 11.8. The summed E-state index contributed by atoms with van der Waals surface area (Å²) in [6.45, 7) is 2.43. The fraction of sp³-hybridized carbons (Fsp3) is 0.231. The summed E-state index contributed by atoms with van der Waals surface area (Å²) in [5, 5.41) is 4.62. The van der Waals surface area contributed by atoms with Gasteiger partial charge in [0.2, 0.25) is 0 Å². The van der Waals surface area contributed by atoms with Crippen molar-refractivity contribution in [2.45, 2.75) is 18.8 Å². The summed E-state index contributed by atoms with van der Waals surface area (Å²) < 4.78 is 0. The van der Waals surface area contributed by atoms with Gasteiger partial charge in [-0.2, -0.15) is 0 Å². The number of rotatable bonds is 4. The van der Waals surface area contributed by atoms with E-state index in [2.05, 4.69) is 32.3 Å². The second-order valence-corrected chi connectivity index (χ2v) is 5.68. The van der Waals surface area contributed by atoms with Gasteiger partial charge in [0.15, 0.2) is 0 Å². The predicted molar refractivity (Wildman–Crippen MR) is 77.1 cm³/mol. The number of hydrogen-bond donors (Lipinski definition) is 1. The smallest absolute Gasteiger partial charge is 0.263 e. The Morgan fingerprint density at radius 2 is 2.22 bits per heavy atom. The molecule has 0 spiro atoms. The van der Waals surface area contributed by atoms with Crippen molar-refractivity contribution in [2.75, 3.05) is 0 Å². The third-order valence-electron chi connectivity index (χ3n) is 2.44. The maximum Gasteiger partial charge on any atom is 0.263 e. The van der Waals surface area contributed by atoms with Gasteiger partial charge in [-0.15, -0.1) is 11.3 Å². The molecule has 94 valence electrons. The minimum absolute atomic E-state index is 0.0650. The molecule has 0 aliphatic rings. The van der Waals surface area contributed by atoms with Crippen LogP contribution in [0, 0.1) is 6.92 Å². The highest BCUT2D eigenvalue weighted by Crippen LogP contribution is 2.12. The molecule has 5 heteroatoms. The van der Waals surface area contributed by atoms with Gasteiger partial charge in [0.1, 0.15) is 4.88 Å². The Kier molecular flexibility index (Phi) is 4.49. The molecular weight excluding hydrogens is 312 g/mol. The Hall–Kier alpha value is -1.20. The lowest BCUT2D eigenvalue weighted by atomic mass is 10.1. The lowest BCUT2D eigenvalue weighted by molar-refractivity contribution is 0.0955. The molecule has 0 saturated carbocycles. The van der Waals surface area contributed by atoms with E-state index in [0.29, 0.717) is 11.4 Å². The normalized spacial score (nSPS) is 10.3. The molecule has 1 amide bonds. The van der Waals surface area contributed by atoms with Crippen molar-refractivity contribution in [1.29, 1.82) is 0 Å². The zero-order valence-corrected chi connectivity index (χ0v) is 12.3. The van der Waals surface area contributed by atoms with Crippen LogP contribution in [0.25, 0.3) is 0 Å². The van der Waals surface area contributed by atoms with Gasteiger partial charge in [0, 0.05) is 11.9 Å². The molecule has 0 aliphatic carbocycles. The Labute approximate surface area is 118 Å². The van der Waals surface area contributed by atoms with Crippen LogP contribution >= 0.6 is 27.3 Å². The van der Waals surface area contributed by atoms with Gasteiger partial charge in [-0.3, -0.25) is 4.79 Å². The van der Waals surface area contributed by atoms with E-state index in [4.69, 9.17) is 0 Å². The summed E-state index contributed by atoms with van der Waals surface area (Å²) in [6.07, 6.45) is 1.62. The van der Waals surface area contributed by atoms with E-state index in [1.54, 1.807) is 6.20 Å². The second-order valence-electron chi connectivity index (χ2n) is 3.88. The standard InChI is InChI=1S/C13H13BrN2OS/c1-9-15-8-12(18-9)13(17)16-7-11-4-2-3-10(5-11)6-14/h2-5,8H,6-7H2,1H3,(H,16,17). The van der Waals surface area contributed by atoms with Gasteiger partial charge < -0.3 is 5.32 Å². The molecule has 2 aromatic rings. The van der Waals surface area contributed by atoms with Crippen LogP contribution in [0.15, 0.2) is 30.5 Å². The number of carbonyl (C=O) groups is 1. The highest BCUT2D eigenvalue weighted by Gasteiger charge is 2.08. The molecule has 0 unspecified atom stereocenters. The molecule has 1 N–H and O–H groups in total. The first-order chi connectivity index (χ1) is 8.69. The lowest BCUT2D eigenvalue weighted by Gasteiger charge is -2.05. The summed E-state index contributed by atoms with van der Waals surface area (Å²) in [5.74, 6) is -0.0650. The topological polar surface area (TPSA) is 42.0 Å². The minimum Gasteiger partial charge on any atom is -0.347 e. The molecular formula is C13H13BrN2OS. The number of hydrogen-bond acceptors (Lipinski definition) is 3. The Balaban J connectivity index is 1.97. The molecule has 1 aromatic heterocycles. The Morgan fingerprint density at radius 1 is 1.44 bits per heavy atom. The molecule has 18 heavy (non-hydrogen) atoms. The van der Waals surface area contributed by atoms with Crippen molar-refractivity contribution in [3.63, 3.8) is 0 Å². The first-order valence-corrected chi connectivity index (χ1v) is 7.47. The molecule has 2 rings (SSSR count). The average Bonchev–Trinajstić information content (AvgIpc) is 2.83. The number of carbonyl (C=O) groups excluding carboxylic acids is 1. The van der Waals surface area contributed by atoms with Crippen LogP contribution in [0.2, 0.25) is 0 Å². The number of halogens is 1. The Morgan fingerprint density at radius 3 is 2.89 bits per heavy atom. The number of thiazole rings is 1. The molecule has 3 nitrogen and oxygen atoms in total. The summed E-state index contributed by atoms with van der Waals surface area (Å²) >= 11 is 4.83. The largest absolute Gasteiger partial charge is 0.347 e. The molecule has 1 heterocycles. The van der Waals surface area contributed by atoms with Gasteiger partial charge in [0.25, 0.3) is 5.91 Å². The van der Waals surface area contributed by atoms with Crippen LogP contribution in [0.4, 0.5) is 0 Å². The summed E-state index contributed by atoms with van der Waals surface area (Å²) in [4.78, 5) is 16.6. The van der Waals surface area contributed by atoms with Crippen molar-refractivity contribution in [3.8, 4) is 0 Å². The van der Waals surface area contributed by atoms with E-state index in [-0.39, 0.29) is 5.91 Å². The zero-order chi connectivity index (χ0) is 13.0. The summed E-state index contributed by atoms with van der Waals surface area (Å²) in [7, 11) is 0. The molecule has 0 bridgehead atoms. The van der Waals surface area contributed by atoms with Crippen LogP contribution < -0.4 is 5.32 Å². The highest BCUT2D eigenvalue weighted by atomic mass is 79.9. The second kappa shape index (κ2) is 6.11. The van der Waals surface area contributed by atoms with E-state index in [1.165, 1.54) is 16.9 Å². The molecule has 0 atom stereocenters. The number of amides is 1. The lowest BCUT2D eigenvalue weighted by Crippen LogP contribution is -2.21.